The Hall–Kier alpha value is -2.80. The number of hydrogen-bond acceptors (Lipinski definition) is 6. The fourth-order valence-electron chi connectivity index (χ4n) is 5.15. The minimum Gasteiger partial charge on any atom is -0.366 e. The Morgan fingerprint density at radius 3 is 2.50 bits per heavy atom. The van der Waals surface area contributed by atoms with E-state index in [0.29, 0.717) is 6.04 Å². The molecule has 1 saturated carbocycles. The molecule has 0 spiro atoms. The van der Waals surface area contributed by atoms with E-state index < -0.39 is 0 Å². The van der Waals surface area contributed by atoms with Gasteiger partial charge >= 0.3 is 0 Å². The summed E-state index contributed by atoms with van der Waals surface area (Å²) in [5.74, 6) is 2.39. The molecule has 1 unspecified atom stereocenters. The topological polar surface area (TPSA) is 71.8 Å². The second kappa shape index (κ2) is 7.80. The van der Waals surface area contributed by atoms with E-state index in [-0.39, 0.29) is 0 Å². The van der Waals surface area contributed by atoms with Crippen LogP contribution in [0, 0.1) is 25.7 Å². The lowest BCUT2D eigenvalue weighted by atomic mass is 10.0. The van der Waals surface area contributed by atoms with Crippen LogP contribution >= 0.6 is 0 Å². The summed E-state index contributed by atoms with van der Waals surface area (Å²) in [6, 6.07) is 8.73. The first-order valence-corrected chi connectivity index (χ1v) is 10.8. The number of aryl methyl sites for hydroxylation is 3. The molecule has 4 heterocycles. The molecule has 1 saturated heterocycles. The fourth-order valence-corrected chi connectivity index (χ4v) is 5.15. The molecular weight excluding hydrogens is 374 g/mol. The van der Waals surface area contributed by atoms with Gasteiger partial charge in [-0.25, -0.2) is 0 Å². The number of anilines is 1. The fraction of sp³-hybridized carbons (Fsp3) is 0.478. The van der Waals surface area contributed by atoms with Gasteiger partial charge in [0.25, 0.3) is 0 Å². The minimum atomic E-state index is 0.485. The quantitative estimate of drug-likeness (QED) is 0.705. The number of likely N-dealkylation sites (tertiary alicyclic amines) is 1. The van der Waals surface area contributed by atoms with E-state index in [2.05, 4.69) is 43.5 Å². The zero-order chi connectivity index (χ0) is 20.7. The average molecular weight is 404 g/mol. The number of nitrogens with zero attached hydrogens (tertiary/aromatic N) is 6. The van der Waals surface area contributed by atoms with Crippen molar-refractivity contribution in [1.29, 1.82) is 0 Å². The first-order chi connectivity index (χ1) is 14.5. The van der Waals surface area contributed by atoms with Crippen molar-refractivity contribution in [2.24, 2.45) is 18.9 Å². The van der Waals surface area contributed by atoms with E-state index in [1.54, 1.807) is 0 Å². The van der Waals surface area contributed by atoms with Crippen molar-refractivity contribution in [2.75, 3.05) is 18.4 Å². The standard InChI is InChI=1S/C23H29N7/c1-15-5-4-8-24-22(15)14-30-11-17-9-19(10-18(17)12-30)25-23-7-6-21(26-27-23)20-13-29(3)28-16(20)2/h4-8,13,17-19H,9-12,14H2,1-3H3,(H,25,27)/t17-,18+,19?. The predicted molar refractivity (Wildman–Crippen MR) is 117 cm³/mol. The van der Waals surface area contributed by atoms with E-state index in [1.165, 1.54) is 37.2 Å². The third-order valence-corrected chi connectivity index (χ3v) is 6.62. The minimum absolute atomic E-state index is 0.485. The van der Waals surface area contributed by atoms with Crippen LogP contribution in [0.2, 0.25) is 0 Å². The zero-order valence-corrected chi connectivity index (χ0v) is 17.9. The van der Waals surface area contributed by atoms with Crippen molar-refractivity contribution >= 4 is 5.82 Å². The van der Waals surface area contributed by atoms with Crippen LogP contribution in [0.15, 0.2) is 36.7 Å². The smallest absolute Gasteiger partial charge is 0.148 e. The van der Waals surface area contributed by atoms with Gasteiger partial charge in [-0.15, -0.1) is 10.2 Å². The Morgan fingerprint density at radius 2 is 1.87 bits per heavy atom. The Balaban J connectivity index is 1.16. The van der Waals surface area contributed by atoms with Crippen LogP contribution < -0.4 is 5.32 Å². The molecular formula is C23H29N7. The Bertz CT molecular complexity index is 1010. The molecule has 30 heavy (non-hydrogen) atoms. The van der Waals surface area contributed by atoms with Crippen molar-refractivity contribution < 1.29 is 0 Å². The highest BCUT2D eigenvalue weighted by Crippen LogP contribution is 2.39. The molecule has 5 rings (SSSR count). The van der Waals surface area contributed by atoms with Crippen molar-refractivity contribution in [3.63, 3.8) is 0 Å². The van der Waals surface area contributed by atoms with E-state index >= 15 is 0 Å². The molecule has 0 bridgehead atoms. The summed E-state index contributed by atoms with van der Waals surface area (Å²) >= 11 is 0. The van der Waals surface area contributed by atoms with Crippen LogP contribution in [0.1, 0.15) is 29.8 Å². The number of aromatic nitrogens is 5. The maximum Gasteiger partial charge on any atom is 0.148 e. The van der Waals surface area contributed by atoms with E-state index in [4.69, 9.17) is 0 Å². The highest BCUT2D eigenvalue weighted by Gasteiger charge is 2.41. The summed E-state index contributed by atoms with van der Waals surface area (Å²) in [4.78, 5) is 7.14. The Labute approximate surface area is 177 Å². The van der Waals surface area contributed by atoms with Gasteiger partial charge in [0.15, 0.2) is 0 Å². The summed E-state index contributed by atoms with van der Waals surface area (Å²) in [5, 5.41) is 16.9. The summed E-state index contributed by atoms with van der Waals surface area (Å²) in [5.41, 5.74) is 5.38. The molecule has 2 fully saturated rings. The maximum atomic E-state index is 4.57. The molecule has 1 aliphatic carbocycles. The Kier molecular flexibility index (Phi) is 4.98. The summed E-state index contributed by atoms with van der Waals surface area (Å²) in [7, 11) is 1.93. The monoisotopic (exact) mass is 403 g/mol. The second-order valence-corrected chi connectivity index (χ2v) is 8.90. The number of nitrogens with one attached hydrogen (secondary N) is 1. The largest absolute Gasteiger partial charge is 0.366 e. The molecule has 0 radical (unpaired) electrons. The van der Waals surface area contributed by atoms with Crippen LogP contribution in [-0.4, -0.2) is 49.0 Å². The van der Waals surface area contributed by atoms with Crippen LogP contribution in [0.5, 0.6) is 0 Å². The van der Waals surface area contributed by atoms with Crippen LogP contribution in [-0.2, 0) is 13.6 Å². The third kappa shape index (κ3) is 3.81. The summed E-state index contributed by atoms with van der Waals surface area (Å²) in [6.07, 6.45) is 6.30. The van der Waals surface area contributed by atoms with Crippen molar-refractivity contribution in [3.8, 4) is 11.3 Å². The molecule has 1 N–H and O–H groups in total. The molecule has 1 aliphatic heterocycles. The molecule has 156 valence electrons. The predicted octanol–water partition coefficient (Wildman–Crippen LogP) is 3.21. The van der Waals surface area contributed by atoms with Crippen molar-refractivity contribution in [3.05, 3.63) is 53.6 Å². The lowest BCUT2D eigenvalue weighted by Gasteiger charge is -2.20. The number of pyridine rings is 1. The van der Waals surface area contributed by atoms with Gasteiger partial charge in [0, 0.05) is 50.7 Å². The lowest BCUT2D eigenvalue weighted by Crippen LogP contribution is -2.25. The average Bonchev–Trinajstić information content (AvgIpc) is 3.37. The summed E-state index contributed by atoms with van der Waals surface area (Å²) < 4.78 is 1.81. The van der Waals surface area contributed by atoms with Crippen LogP contribution in [0.25, 0.3) is 11.3 Å². The van der Waals surface area contributed by atoms with Gasteiger partial charge in [-0.05, 0) is 62.3 Å². The van der Waals surface area contributed by atoms with Gasteiger partial charge < -0.3 is 5.32 Å². The number of hydrogen-bond donors (Lipinski definition) is 1. The van der Waals surface area contributed by atoms with E-state index in [9.17, 15) is 0 Å². The number of rotatable bonds is 5. The highest BCUT2D eigenvalue weighted by atomic mass is 15.3. The van der Waals surface area contributed by atoms with Gasteiger partial charge in [-0.3, -0.25) is 14.6 Å². The molecule has 3 atom stereocenters. The molecule has 3 aromatic rings. The van der Waals surface area contributed by atoms with Crippen molar-refractivity contribution in [1.82, 2.24) is 29.9 Å². The zero-order valence-electron chi connectivity index (χ0n) is 17.9. The molecule has 0 aromatic carbocycles. The first kappa shape index (κ1) is 19.2. The second-order valence-electron chi connectivity index (χ2n) is 8.90. The highest BCUT2D eigenvalue weighted by molar-refractivity contribution is 5.61. The molecule has 0 amide bonds. The van der Waals surface area contributed by atoms with E-state index in [1.807, 2.05) is 49.2 Å². The molecule has 3 aromatic heterocycles. The van der Waals surface area contributed by atoms with Gasteiger partial charge in [0.2, 0.25) is 0 Å². The lowest BCUT2D eigenvalue weighted by molar-refractivity contribution is 0.297. The maximum absolute atomic E-state index is 4.57. The third-order valence-electron chi connectivity index (χ3n) is 6.62. The van der Waals surface area contributed by atoms with Gasteiger partial charge in [0.1, 0.15) is 5.82 Å². The normalized spacial score (nSPS) is 23.6. The van der Waals surface area contributed by atoms with Crippen LogP contribution in [0.4, 0.5) is 5.82 Å². The number of fused-ring (bicyclic) bond motifs is 1. The molecule has 7 nitrogen and oxygen atoms in total. The van der Waals surface area contributed by atoms with Crippen molar-refractivity contribution in [2.45, 2.75) is 39.3 Å². The van der Waals surface area contributed by atoms with Gasteiger partial charge in [0.05, 0.1) is 17.1 Å². The first-order valence-electron chi connectivity index (χ1n) is 10.8. The summed E-state index contributed by atoms with van der Waals surface area (Å²) in [6.45, 7) is 7.46. The van der Waals surface area contributed by atoms with Gasteiger partial charge in [-0.2, -0.15) is 5.10 Å². The van der Waals surface area contributed by atoms with Crippen LogP contribution in [0.3, 0.4) is 0 Å². The molecule has 7 heteroatoms. The van der Waals surface area contributed by atoms with Gasteiger partial charge in [-0.1, -0.05) is 6.07 Å². The Morgan fingerprint density at radius 1 is 1.07 bits per heavy atom. The SMILES string of the molecule is Cc1cccnc1CN1C[C@H]2CC(Nc3ccc(-c4cn(C)nc4C)nn3)C[C@H]2C1. The van der Waals surface area contributed by atoms with E-state index in [0.717, 1.165) is 41.1 Å². The molecule has 2 aliphatic rings.